The van der Waals surface area contributed by atoms with Gasteiger partial charge in [0.15, 0.2) is 5.44 Å². The van der Waals surface area contributed by atoms with E-state index in [9.17, 15) is 12.3 Å². The van der Waals surface area contributed by atoms with Crippen molar-refractivity contribution in [3.63, 3.8) is 0 Å². The molecule has 0 rings (SSSR count). The number of ether oxygens (including phenoxy) is 1. The molecule has 0 heterocycles. The molecule has 3 nitrogen and oxygen atoms in total. The molecule has 5 heteroatoms. The van der Waals surface area contributed by atoms with Crippen molar-refractivity contribution >= 4 is 10.2 Å². The highest BCUT2D eigenvalue weighted by Gasteiger charge is 2.21. The Bertz CT molecular complexity index is 235. The van der Waals surface area contributed by atoms with Crippen LogP contribution in [-0.4, -0.2) is 20.0 Å². The molecule has 0 aliphatic rings. The zero-order chi connectivity index (χ0) is 9.78. The highest BCUT2D eigenvalue weighted by molar-refractivity contribution is 7.86. The molecule has 0 N–H and O–H groups in total. The maximum atomic E-state index is 12.2. The van der Waals surface area contributed by atoms with Gasteiger partial charge in [-0.15, -0.1) is 3.89 Å². The Morgan fingerprint density at radius 1 is 1.58 bits per heavy atom. The van der Waals surface area contributed by atoms with Crippen LogP contribution < -0.4 is 0 Å². The number of hydrogen-bond acceptors (Lipinski definition) is 3. The summed E-state index contributed by atoms with van der Waals surface area (Å²) in [6.07, 6.45) is 1.33. The van der Waals surface area contributed by atoms with E-state index in [2.05, 4.69) is 0 Å². The van der Waals surface area contributed by atoms with Crippen LogP contribution >= 0.6 is 0 Å². The Hall–Kier alpha value is -0.420. The molecular formula is C7H12FO3S. The summed E-state index contributed by atoms with van der Waals surface area (Å²) in [6, 6.07) is 0. The summed E-state index contributed by atoms with van der Waals surface area (Å²) in [6.45, 7) is 7.82. The zero-order valence-electron chi connectivity index (χ0n) is 7.03. The summed E-state index contributed by atoms with van der Waals surface area (Å²) in [5.41, 5.74) is -1.42. The molecule has 0 bridgehead atoms. The molecule has 0 aromatic carbocycles. The largest absolute Gasteiger partial charge is 0.356 e. The highest BCUT2D eigenvalue weighted by Crippen LogP contribution is 2.09. The highest BCUT2D eigenvalue weighted by atomic mass is 32.3. The van der Waals surface area contributed by atoms with E-state index in [0.717, 1.165) is 6.92 Å². The first kappa shape index (κ1) is 11.6. The van der Waals surface area contributed by atoms with Crippen molar-refractivity contribution in [3.05, 3.63) is 12.7 Å². The standard InChI is InChI=1S/C7H12FO3S/c1-4-5-6(2)11-7(3)12(8,9)10/h1,4,6-7H,5H2,2-3H3. The molecule has 0 amide bonds. The van der Waals surface area contributed by atoms with E-state index in [1.165, 1.54) is 6.08 Å². The lowest BCUT2D eigenvalue weighted by Crippen LogP contribution is -2.22. The van der Waals surface area contributed by atoms with E-state index in [-0.39, 0.29) is 0 Å². The van der Waals surface area contributed by atoms with Crippen LogP contribution in [0.2, 0.25) is 0 Å². The fourth-order valence-corrected chi connectivity index (χ4v) is 0.963. The Balaban J connectivity index is 4.01. The van der Waals surface area contributed by atoms with Crippen molar-refractivity contribution < 1.29 is 17.0 Å². The van der Waals surface area contributed by atoms with Crippen LogP contribution in [0.3, 0.4) is 0 Å². The van der Waals surface area contributed by atoms with Gasteiger partial charge >= 0.3 is 10.2 Å². The number of hydrogen-bond donors (Lipinski definition) is 0. The van der Waals surface area contributed by atoms with E-state index < -0.39 is 21.8 Å². The smallest absolute Gasteiger partial charge is 0.329 e. The Morgan fingerprint density at radius 3 is 2.42 bits per heavy atom. The first-order chi connectivity index (χ1) is 5.38. The SMILES string of the molecule is [CH]=CCC(C)OC(C)S(=O)(=O)F. The van der Waals surface area contributed by atoms with Crippen LogP contribution in [0, 0.1) is 6.58 Å². The molecule has 0 saturated heterocycles. The van der Waals surface area contributed by atoms with Crippen molar-refractivity contribution in [2.45, 2.75) is 31.8 Å². The molecule has 0 aromatic rings. The van der Waals surface area contributed by atoms with Crippen LogP contribution in [0.5, 0.6) is 0 Å². The molecule has 0 aromatic heterocycles. The third kappa shape index (κ3) is 4.46. The van der Waals surface area contributed by atoms with Crippen molar-refractivity contribution in [2.24, 2.45) is 0 Å². The molecular weight excluding hydrogens is 183 g/mol. The maximum absolute atomic E-state index is 12.2. The van der Waals surface area contributed by atoms with Crippen molar-refractivity contribution in [1.29, 1.82) is 0 Å². The fraction of sp³-hybridized carbons (Fsp3) is 0.714. The van der Waals surface area contributed by atoms with Gasteiger partial charge in [-0.25, -0.2) is 0 Å². The van der Waals surface area contributed by atoms with Crippen molar-refractivity contribution in [3.8, 4) is 0 Å². The topological polar surface area (TPSA) is 43.4 Å². The van der Waals surface area contributed by atoms with Gasteiger partial charge in [-0.2, -0.15) is 8.42 Å². The molecule has 71 valence electrons. The molecule has 0 aliphatic heterocycles. The first-order valence-electron chi connectivity index (χ1n) is 3.50. The third-order valence-corrected chi connectivity index (χ3v) is 2.19. The minimum absolute atomic E-state index is 0.389. The van der Waals surface area contributed by atoms with Crippen molar-refractivity contribution in [2.75, 3.05) is 0 Å². The number of halogens is 1. The fourth-order valence-electron chi connectivity index (χ4n) is 0.641. The number of rotatable bonds is 5. The van der Waals surface area contributed by atoms with Gasteiger partial charge in [0.25, 0.3) is 0 Å². The second-order valence-electron chi connectivity index (χ2n) is 2.46. The summed E-state index contributed by atoms with van der Waals surface area (Å²) in [7, 11) is -4.59. The summed E-state index contributed by atoms with van der Waals surface area (Å²) >= 11 is 0. The van der Waals surface area contributed by atoms with Crippen molar-refractivity contribution in [1.82, 2.24) is 0 Å². The lowest BCUT2D eigenvalue weighted by Gasteiger charge is -2.14. The quantitative estimate of drug-likeness (QED) is 0.623. The van der Waals surface area contributed by atoms with Gasteiger partial charge in [-0.1, -0.05) is 12.7 Å². The summed E-state index contributed by atoms with van der Waals surface area (Å²) in [5.74, 6) is 0. The maximum Gasteiger partial charge on any atom is 0.329 e. The Morgan fingerprint density at radius 2 is 2.08 bits per heavy atom. The van der Waals surface area contributed by atoms with Crippen LogP contribution in [0.15, 0.2) is 6.08 Å². The van der Waals surface area contributed by atoms with Crippen LogP contribution in [-0.2, 0) is 15.0 Å². The summed E-state index contributed by atoms with van der Waals surface area (Å²) in [5, 5.41) is 0. The second-order valence-corrected chi connectivity index (χ2v) is 4.08. The monoisotopic (exact) mass is 195 g/mol. The molecule has 0 saturated carbocycles. The zero-order valence-corrected chi connectivity index (χ0v) is 7.84. The van der Waals surface area contributed by atoms with E-state index in [1.807, 2.05) is 0 Å². The molecule has 12 heavy (non-hydrogen) atoms. The second kappa shape index (κ2) is 4.57. The van der Waals surface area contributed by atoms with Gasteiger partial charge < -0.3 is 4.74 Å². The van der Waals surface area contributed by atoms with E-state index in [0.29, 0.717) is 6.42 Å². The van der Waals surface area contributed by atoms with Gasteiger partial charge in [0.2, 0.25) is 0 Å². The average molecular weight is 195 g/mol. The van der Waals surface area contributed by atoms with Gasteiger partial charge in [0.1, 0.15) is 0 Å². The van der Waals surface area contributed by atoms with Gasteiger partial charge in [0, 0.05) is 0 Å². The molecule has 0 aliphatic carbocycles. The normalized spacial score (nSPS) is 16.9. The minimum atomic E-state index is -4.59. The molecule has 0 spiro atoms. The molecule has 1 radical (unpaired) electrons. The van der Waals surface area contributed by atoms with E-state index in [4.69, 9.17) is 11.3 Å². The molecule has 2 unspecified atom stereocenters. The van der Waals surface area contributed by atoms with Crippen LogP contribution in [0.25, 0.3) is 0 Å². The van der Waals surface area contributed by atoms with Crippen LogP contribution in [0.1, 0.15) is 20.3 Å². The minimum Gasteiger partial charge on any atom is -0.356 e. The summed E-state index contributed by atoms with van der Waals surface area (Å²) in [4.78, 5) is 0. The van der Waals surface area contributed by atoms with Gasteiger partial charge in [-0.05, 0) is 20.3 Å². The lowest BCUT2D eigenvalue weighted by atomic mass is 10.3. The molecule has 0 fully saturated rings. The Labute approximate surface area is 72.4 Å². The predicted octanol–water partition coefficient (Wildman–Crippen LogP) is 1.42. The van der Waals surface area contributed by atoms with Gasteiger partial charge in [0.05, 0.1) is 6.10 Å². The van der Waals surface area contributed by atoms with E-state index >= 15 is 0 Å². The first-order valence-corrected chi connectivity index (χ1v) is 4.95. The predicted molar refractivity (Wildman–Crippen MR) is 43.5 cm³/mol. The average Bonchev–Trinajstić information content (AvgIpc) is 1.85. The lowest BCUT2D eigenvalue weighted by molar-refractivity contribution is 0.0506. The van der Waals surface area contributed by atoms with Gasteiger partial charge in [-0.3, -0.25) is 0 Å². The molecule has 2 atom stereocenters. The Kier molecular flexibility index (Phi) is 4.41. The third-order valence-electron chi connectivity index (χ3n) is 1.29. The van der Waals surface area contributed by atoms with E-state index in [1.54, 1.807) is 6.92 Å². The van der Waals surface area contributed by atoms with Crippen LogP contribution in [0.4, 0.5) is 3.89 Å². The summed E-state index contributed by atoms with van der Waals surface area (Å²) < 4.78 is 37.4.